The van der Waals surface area contributed by atoms with Crippen molar-refractivity contribution >= 4 is 11.8 Å². The van der Waals surface area contributed by atoms with E-state index in [9.17, 15) is 9.59 Å². The Hall–Kier alpha value is -1.69. The summed E-state index contributed by atoms with van der Waals surface area (Å²) in [6.07, 6.45) is 2.63. The number of rotatable bonds is 5. The van der Waals surface area contributed by atoms with E-state index in [0.29, 0.717) is 19.0 Å². The predicted molar refractivity (Wildman–Crippen MR) is 63.5 cm³/mol. The summed E-state index contributed by atoms with van der Waals surface area (Å²) < 4.78 is 5.30. The highest BCUT2D eigenvalue weighted by Crippen LogP contribution is 2.14. The monoisotopic (exact) mass is 251 g/mol. The second-order valence-electron chi connectivity index (χ2n) is 4.39. The predicted octanol–water partition coefficient (Wildman–Crippen LogP) is 0.610. The molecule has 1 saturated heterocycles. The molecule has 98 valence electrons. The molecule has 2 amide bonds. The van der Waals surface area contributed by atoms with Crippen LogP contribution in [0.3, 0.4) is 0 Å². The molecule has 0 bridgehead atoms. The van der Waals surface area contributed by atoms with Crippen LogP contribution in [-0.2, 0) is 16.1 Å². The van der Waals surface area contributed by atoms with Crippen LogP contribution in [0.5, 0.6) is 0 Å². The number of aromatic nitrogens is 1. The number of aryl methyl sites for hydroxylation is 1. The average Bonchev–Trinajstić information content (AvgIpc) is 2.86. The zero-order chi connectivity index (χ0) is 13.1. The fraction of sp³-hybridized carbons (Fsp3) is 0.583. The van der Waals surface area contributed by atoms with Crippen molar-refractivity contribution in [3.8, 4) is 0 Å². The fourth-order valence-electron chi connectivity index (χ4n) is 1.99. The normalized spacial score (nSPS) is 19.9. The number of hydrogen-bond donors (Lipinski definition) is 1. The Balaban J connectivity index is 1.91. The Morgan fingerprint density at radius 2 is 2.33 bits per heavy atom. The molecule has 1 aliphatic rings. The number of imide groups is 1. The maximum atomic E-state index is 11.9. The van der Waals surface area contributed by atoms with Gasteiger partial charge in [0.15, 0.2) is 0 Å². The highest BCUT2D eigenvalue weighted by molar-refractivity contribution is 6.05. The van der Waals surface area contributed by atoms with E-state index in [2.05, 4.69) is 10.3 Å². The summed E-state index contributed by atoms with van der Waals surface area (Å²) in [7, 11) is 0. The number of carbonyl (C=O) groups is 2. The van der Waals surface area contributed by atoms with Crippen molar-refractivity contribution in [1.29, 1.82) is 0 Å². The summed E-state index contributed by atoms with van der Waals surface area (Å²) >= 11 is 0. The maximum absolute atomic E-state index is 11.9. The standard InChI is InChI=1S/C12H17N3O3/c1-3-4-15-11(16)5-9(12(15)17)13-7-10-14-6-8(2)18-10/h6,9,13H,3-5,7H2,1-2H3. The minimum Gasteiger partial charge on any atom is -0.445 e. The first-order valence-electron chi connectivity index (χ1n) is 6.10. The summed E-state index contributed by atoms with van der Waals surface area (Å²) in [5.41, 5.74) is 0. The molecule has 6 heteroatoms. The Kier molecular flexibility index (Phi) is 3.76. The van der Waals surface area contributed by atoms with Crippen LogP contribution in [0.25, 0.3) is 0 Å². The third-order valence-electron chi connectivity index (χ3n) is 2.86. The van der Waals surface area contributed by atoms with Crippen LogP contribution in [0.4, 0.5) is 0 Å². The minimum atomic E-state index is -0.448. The van der Waals surface area contributed by atoms with E-state index in [1.165, 1.54) is 4.90 Å². The fourth-order valence-corrected chi connectivity index (χ4v) is 1.99. The molecule has 1 aromatic rings. The van der Waals surface area contributed by atoms with E-state index in [4.69, 9.17) is 4.42 Å². The summed E-state index contributed by atoms with van der Waals surface area (Å²) in [6, 6.07) is -0.448. The first kappa shape index (κ1) is 12.8. The zero-order valence-corrected chi connectivity index (χ0v) is 10.6. The van der Waals surface area contributed by atoms with E-state index in [0.717, 1.165) is 12.2 Å². The molecule has 0 saturated carbocycles. The van der Waals surface area contributed by atoms with Gasteiger partial charge in [-0.2, -0.15) is 0 Å². The number of oxazole rings is 1. The van der Waals surface area contributed by atoms with Crippen molar-refractivity contribution in [1.82, 2.24) is 15.2 Å². The minimum absolute atomic E-state index is 0.108. The van der Waals surface area contributed by atoms with Crippen molar-refractivity contribution < 1.29 is 14.0 Å². The SMILES string of the molecule is CCCN1C(=O)CC(NCc2ncc(C)o2)C1=O. The van der Waals surface area contributed by atoms with Gasteiger partial charge >= 0.3 is 0 Å². The quantitative estimate of drug-likeness (QED) is 0.776. The number of amides is 2. The molecule has 0 aromatic carbocycles. The van der Waals surface area contributed by atoms with E-state index < -0.39 is 6.04 Å². The number of likely N-dealkylation sites (tertiary alicyclic amines) is 1. The molecular weight excluding hydrogens is 234 g/mol. The van der Waals surface area contributed by atoms with Crippen molar-refractivity contribution in [2.75, 3.05) is 6.54 Å². The van der Waals surface area contributed by atoms with Gasteiger partial charge in [0, 0.05) is 6.54 Å². The number of carbonyl (C=O) groups excluding carboxylic acids is 2. The summed E-state index contributed by atoms with van der Waals surface area (Å²) in [5.74, 6) is 1.00. The topological polar surface area (TPSA) is 75.4 Å². The van der Waals surface area contributed by atoms with Gasteiger partial charge in [0.2, 0.25) is 17.7 Å². The summed E-state index contributed by atoms with van der Waals surface area (Å²) in [6.45, 7) is 4.60. The molecule has 1 atom stereocenters. The van der Waals surface area contributed by atoms with Crippen LogP contribution in [-0.4, -0.2) is 34.3 Å². The van der Waals surface area contributed by atoms with Gasteiger partial charge in [-0.05, 0) is 13.3 Å². The molecule has 2 heterocycles. The Labute approximate surface area is 105 Å². The van der Waals surface area contributed by atoms with Crippen LogP contribution in [0.2, 0.25) is 0 Å². The second kappa shape index (κ2) is 5.30. The van der Waals surface area contributed by atoms with Gasteiger partial charge in [-0.15, -0.1) is 0 Å². The van der Waals surface area contributed by atoms with Crippen LogP contribution >= 0.6 is 0 Å². The van der Waals surface area contributed by atoms with Gasteiger partial charge in [0.1, 0.15) is 5.76 Å². The number of nitrogens with one attached hydrogen (secondary N) is 1. The average molecular weight is 251 g/mol. The summed E-state index contributed by atoms with van der Waals surface area (Å²) in [5, 5.41) is 3.01. The lowest BCUT2D eigenvalue weighted by Crippen LogP contribution is -2.38. The summed E-state index contributed by atoms with van der Waals surface area (Å²) in [4.78, 5) is 28.9. The van der Waals surface area contributed by atoms with Crippen molar-refractivity contribution in [2.45, 2.75) is 39.3 Å². The lowest BCUT2D eigenvalue weighted by Gasteiger charge is -2.13. The van der Waals surface area contributed by atoms with Gasteiger partial charge in [-0.1, -0.05) is 6.92 Å². The molecular formula is C12H17N3O3. The van der Waals surface area contributed by atoms with Gasteiger partial charge in [-0.25, -0.2) is 4.98 Å². The van der Waals surface area contributed by atoms with Gasteiger partial charge in [-0.3, -0.25) is 19.8 Å². The number of hydrogen-bond acceptors (Lipinski definition) is 5. The molecule has 1 unspecified atom stereocenters. The Bertz CT molecular complexity index is 455. The highest BCUT2D eigenvalue weighted by Gasteiger charge is 2.37. The lowest BCUT2D eigenvalue weighted by molar-refractivity contribution is -0.138. The molecule has 0 aliphatic carbocycles. The molecule has 18 heavy (non-hydrogen) atoms. The van der Waals surface area contributed by atoms with Crippen LogP contribution in [0.15, 0.2) is 10.6 Å². The molecule has 6 nitrogen and oxygen atoms in total. The molecule has 1 aromatic heterocycles. The lowest BCUT2D eigenvalue weighted by atomic mass is 10.2. The molecule has 1 aliphatic heterocycles. The Morgan fingerprint density at radius 1 is 1.56 bits per heavy atom. The smallest absolute Gasteiger partial charge is 0.246 e. The van der Waals surface area contributed by atoms with Crippen LogP contribution in [0, 0.1) is 6.92 Å². The van der Waals surface area contributed by atoms with Crippen molar-refractivity contribution in [3.05, 3.63) is 17.8 Å². The molecule has 0 spiro atoms. The first-order valence-corrected chi connectivity index (χ1v) is 6.10. The second-order valence-corrected chi connectivity index (χ2v) is 4.39. The van der Waals surface area contributed by atoms with Crippen molar-refractivity contribution in [3.63, 3.8) is 0 Å². The van der Waals surface area contributed by atoms with Crippen LogP contribution < -0.4 is 5.32 Å². The highest BCUT2D eigenvalue weighted by atomic mass is 16.4. The van der Waals surface area contributed by atoms with Gasteiger partial charge in [0.05, 0.1) is 25.2 Å². The van der Waals surface area contributed by atoms with Gasteiger partial charge in [0.25, 0.3) is 0 Å². The van der Waals surface area contributed by atoms with Gasteiger partial charge < -0.3 is 4.42 Å². The molecule has 0 radical (unpaired) electrons. The van der Waals surface area contributed by atoms with Crippen molar-refractivity contribution in [2.24, 2.45) is 0 Å². The van der Waals surface area contributed by atoms with E-state index in [1.807, 2.05) is 13.8 Å². The third kappa shape index (κ3) is 2.59. The number of nitrogens with zero attached hydrogens (tertiary/aromatic N) is 2. The van der Waals surface area contributed by atoms with E-state index >= 15 is 0 Å². The largest absolute Gasteiger partial charge is 0.445 e. The Morgan fingerprint density at radius 3 is 2.94 bits per heavy atom. The molecule has 1 fully saturated rings. The zero-order valence-electron chi connectivity index (χ0n) is 10.6. The maximum Gasteiger partial charge on any atom is 0.246 e. The molecule has 1 N–H and O–H groups in total. The van der Waals surface area contributed by atoms with E-state index in [-0.39, 0.29) is 18.2 Å². The third-order valence-corrected chi connectivity index (χ3v) is 2.86. The first-order chi connectivity index (χ1) is 8.61. The van der Waals surface area contributed by atoms with E-state index in [1.54, 1.807) is 6.20 Å². The molecule has 2 rings (SSSR count). The van der Waals surface area contributed by atoms with Crippen LogP contribution in [0.1, 0.15) is 31.4 Å².